The molecule has 3 N–H and O–H groups in total. The van der Waals surface area contributed by atoms with Crippen LogP contribution in [0.15, 0.2) is 0 Å². The average molecular weight is 789 g/mol. The number of nitrogens with one attached hydrogen (secondary N) is 2. The maximum absolute atomic E-state index is 11.4. The van der Waals surface area contributed by atoms with Gasteiger partial charge >= 0.3 is 5.97 Å². The van der Waals surface area contributed by atoms with Gasteiger partial charge in [-0.15, -0.1) is 0 Å². The fourth-order valence-electron chi connectivity index (χ4n) is 4.30. The number of carbonyl (C=O) groups is 2. The van der Waals surface area contributed by atoms with Crippen molar-refractivity contribution < 1.29 is 81.0 Å². The van der Waals surface area contributed by atoms with Gasteiger partial charge in [-0.05, 0) is 25.9 Å². The molecule has 19 heteroatoms. The highest BCUT2D eigenvalue weighted by atomic mass is 16.6. The molecule has 1 aliphatic rings. The van der Waals surface area contributed by atoms with Crippen LogP contribution in [0.4, 0.5) is 0 Å². The zero-order valence-electron chi connectivity index (χ0n) is 32.2. The number of hydrogen-bond acceptors (Lipinski definition) is 17. The molecule has 320 valence electrons. The van der Waals surface area contributed by atoms with Crippen LogP contribution in [0.25, 0.3) is 0 Å². The van der Waals surface area contributed by atoms with E-state index in [2.05, 4.69) is 15.4 Å². The van der Waals surface area contributed by atoms with Gasteiger partial charge in [-0.3, -0.25) is 4.79 Å². The molecule has 0 saturated carbocycles. The average Bonchev–Trinajstić information content (AvgIpc) is 3.17. The van der Waals surface area contributed by atoms with Gasteiger partial charge in [0.25, 0.3) is 0 Å². The maximum Gasteiger partial charge on any atom is 0.329 e. The first-order chi connectivity index (χ1) is 26.7. The van der Waals surface area contributed by atoms with Crippen molar-refractivity contribution >= 4 is 11.9 Å². The third-order valence-corrected chi connectivity index (χ3v) is 6.99. The third kappa shape index (κ3) is 40.0. The molecule has 54 heavy (non-hydrogen) atoms. The number of amides is 1. The minimum absolute atomic E-state index is 0.299. The van der Waals surface area contributed by atoms with Crippen LogP contribution in [0, 0.1) is 0 Å². The molecule has 1 fully saturated rings. The Morgan fingerprint density at radius 2 is 0.722 bits per heavy atom. The van der Waals surface area contributed by atoms with Crippen LogP contribution >= 0.6 is 0 Å². The molecule has 19 nitrogen and oxygen atoms in total. The predicted octanol–water partition coefficient (Wildman–Crippen LogP) is -0.828. The topological polar surface area (TPSA) is 208 Å². The van der Waals surface area contributed by atoms with Crippen molar-refractivity contribution in [2.75, 3.05) is 198 Å². The van der Waals surface area contributed by atoms with Gasteiger partial charge in [0.15, 0.2) is 0 Å². The maximum atomic E-state index is 11.4. The molecule has 0 aliphatic carbocycles. The summed E-state index contributed by atoms with van der Waals surface area (Å²) in [4.78, 5) is 21.7. The Morgan fingerprint density at radius 3 is 1.04 bits per heavy atom. The SMILES string of the molecule is O=C(O)COCC(=O)NCCOCCOCCOCCOCCOCCOCCOCCOCCOCCOCCOCCOCCOC1CCNCC1. The van der Waals surface area contributed by atoms with E-state index in [0.29, 0.717) is 178 Å². The molecule has 0 aromatic carbocycles. The van der Waals surface area contributed by atoms with Crippen molar-refractivity contribution in [1.82, 2.24) is 10.6 Å². The summed E-state index contributed by atoms with van der Waals surface area (Å²) in [7, 11) is 0. The molecule has 1 saturated heterocycles. The Labute approximate surface area is 320 Å². The van der Waals surface area contributed by atoms with E-state index in [1.165, 1.54) is 0 Å². The molecule has 0 aromatic rings. The molecule has 0 radical (unpaired) electrons. The number of carboxylic acid groups (broad SMARTS) is 1. The zero-order valence-corrected chi connectivity index (χ0v) is 32.2. The zero-order chi connectivity index (χ0) is 38.7. The second-order valence-corrected chi connectivity index (χ2v) is 11.4. The second kappa shape index (κ2) is 42.5. The molecule has 1 heterocycles. The van der Waals surface area contributed by atoms with E-state index in [1.54, 1.807) is 0 Å². The van der Waals surface area contributed by atoms with E-state index in [0.717, 1.165) is 25.9 Å². The van der Waals surface area contributed by atoms with Crippen LogP contribution < -0.4 is 10.6 Å². The Bertz CT molecular complexity index is 799. The van der Waals surface area contributed by atoms with E-state index in [9.17, 15) is 9.59 Å². The van der Waals surface area contributed by atoms with Crippen molar-refractivity contribution in [2.24, 2.45) is 0 Å². The molecule has 1 amide bonds. The number of rotatable bonds is 44. The van der Waals surface area contributed by atoms with Gasteiger partial charge in [0.05, 0.1) is 171 Å². The third-order valence-electron chi connectivity index (χ3n) is 6.99. The lowest BCUT2D eigenvalue weighted by atomic mass is 10.1. The summed E-state index contributed by atoms with van der Waals surface area (Å²) < 4.78 is 76.0. The lowest BCUT2D eigenvalue weighted by molar-refractivity contribution is -0.143. The van der Waals surface area contributed by atoms with Gasteiger partial charge in [0, 0.05) is 6.54 Å². The van der Waals surface area contributed by atoms with Crippen LogP contribution in [-0.2, 0) is 75.9 Å². The lowest BCUT2D eigenvalue weighted by Crippen LogP contribution is -2.33. The monoisotopic (exact) mass is 788 g/mol. The Morgan fingerprint density at radius 1 is 0.426 bits per heavy atom. The summed E-state index contributed by atoms with van der Waals surface area (Å²) in [5.41, 5.74) is 0. The largest absolute Gasteiger partial charge is 0.480 e. The fraction of sp³-hybridized carbons (Fsp3) is 0.943. The van der Waals surface area contributed by atoms with Crippen LogP contribution in [0.2, 0.25) is 0 Å². The fourth-order valence-corrected chi connectivity index (χ4v) is 4.30. The molecule has 1 rings (SSSR count). The molecule has 0 unspecified atom stereocenters. The summed E-state index contributed by atoms with van der Waals surface area (Å²) in [6.45, 7) is 13.7. The number of carbonyl (C=O) groups excluding carboxylic acids is 1. The van der Waals surface area contributed by atoms with E-state index in [4.69, 9.17) is 66.7 Å². The minimum atomic E-state index is -1.12. The van der Waals surface area contributed by atoms with Crippen LogP contribution in [0.1, 0.15) is 12.8 Å². The Kier molecular flexibility index (Phi) is 39.6. The molecular formula is C35H68N2O17. The van der Waals surface area contributed by atoms with Crippen LogP contribution in [0.3, 0.4) is 0 Å². The highest BCUT2D eigenvalue weighted by Gasteiger charge is 2.12. The second-order valence-electron chi connectivity index (χ2n) is 11.4. The summed E-state index contributed by atoms with van der Waals surface area (Å²) in [6.07, 6.45) is 2.51. The minimum Gasteiger partial charge on any atom is -0.480 e. The Balaban J connectivity index is 1.61. The summed E-state index contributed by atoms with van der Waals surface area (Å²) >= 11 is 0. The number of carboxylic acids is 1. The number of piperidine rings is 1. The van der Waals surface area contributed by atoms with Gasteiger partial charge in [-0.25, -0.2) is 4.79 Å². The van der Waals surface area contributed by atoms with Gasteiger partial charge in [-0.2, -0.15) is 0 Å². The highest BCUT2D eigenvalue weighted by Crippen LogP contribution is 2.06. The molecule has 0 spiro atoms. The van der Waals surface area contributed by atoms with Crippen molar-refractivity contribution in [3.05, 3.63) is 0 Å². The van der Waals surface area contributed by atoms with E-state index in [1.807, 2.05) is 0 Å². The molecule has 1 aliphatic heterocycles. The molecule has 0 bridgehead atoms. The number of aliphatic carboxylic acids is 1. The first-order valence-electron chi connectivity index (χ1n) is 19.0. The molecule has 0 aromatic heterocycles. The van der Waals surface area contributed by atoms with Crippen molar-refractivity contribution in [3.8, 4) is 0 Å². The van der Waals surface area contributed by atoms with Gasteiger partial charge in [-0.1, -0.05) is 0 Å². The van der Waals surface area contributed by atoms with Gasteiger partial charge in [0.1, 0.15) is 13.2 Å². The lowest BCUT2D eigenvalue weighted by Gasteiger charge is -2.22. The predicted molar refractivity (Wildman–Crippen MR) is 193 cm³/mol. The number of ether oxygens (including phenoxy) is 14. The number of hydrogen-bond donors (Lipinski definition) is 3. The standard InChI is InChI=1S/C35H68N2O17/c38-34(31-53-32-35(39)40)37-5-6-41-7-8-42-9-10-43-11-12-44-13-14-45-15-16-46-17-18-47-19-20-48-21-22-49-23-24-50-25-26-51-27-28-52-29-30-54-33-1-3-36-4-2-33/h33,36H,1-32H2,(H,37,38)(H,39,40). The van der Waals surface area contributed by atoms with Crippen molar-refractivity contribution in [1.29, 1.82) is 0 Å². The van der Waals surface area contributed by atoms with Gasteiger partial charge < -0.3 is 82.1 Å². The van der Waals surface area contributed by atoms with E-state index >= 15 is 0 Å². The normalized spacial score (nSPS) is 13.5. The van der Waals surface area contributed by atoms with Crippen molar-refractivity contribution in [2.45, 2.75) is 18.9 Å². The quantitative estimate of drug-likeness (QED) is 0.0644. The Hall–Kier alpha value is -1.66. The summed E-state index contributed by atoms with van der Waals surface area (Å²) in [5, 5.41) is 14.3. The first-order valence-corrected chi connectivity index (χ1v) is 19.0. The summed E-state index contributed by atoms with van der Waals surface area (Å²) in [5.74, 6) is -1.52. The highest BCUT2D eigenvalue weighted by molar-refractivity contribution is 5.77. The van der Waals surface area contributed by atoms with E-state index < -0.39 is 18.5 Å². The van der Waals surface area contributed by atoms with Gasteiger partial charge in [0.2, 0.25) is 5.91 Å². The van der Waals surface area contributed by atoms with Crippen molar-refractivity contribution in [3.63, 3.8) is 0 Å². The first kappa shape index (κ1) is 50.4. The smallest absolute Gasteiger partial charge is 0.329 e. The molecule has 0 atom stereocenters. The molecular weight excluding hydrogens is 720 g/mol. The van der Waals surface area contributed by atoms with E-state index in [-0.39, 0.29) is 6.61 Å². The van der Waals surface area contributed by atoms with Crippen LogP contribution in [-0.4, -0.2) is 221 Å². The van der Waals surface area contributed by atoms with Crippen LogP contribution in [0.5, 0.6) is 0 Å². The summed E-state index contributed by atoms with van der Waals surface area (Å²) in [6, 6.07) is 0.